The zero-order valence-corrected chi connectivity index (χ0v) is 11.3. The first kappa shape index (κ1) is 13.3. The molecule has 0 fully saturated rings. The number of hydrogen-bond acceptors (Lipinski definition) is 4. The van der Waals surface area contributed by atoms with E-state index < -0.39 is 12.1 Å². The van der Waals surface area contributed by atoms with Crippen molar-refractivity contribution in [3.05, 3.63) is 65.5 Å². The van der Waals surface area contributed by atoms with E-state index in [2.05, 4.69) is 10.3 Å². The first-order valence-corrected chi connectivity index (χ1v) is 6.69. The number of rotatable bonds is 3. The molecule has 1 atom stereocenters. The van der Waals surface area contributed by atoms with Crippen LogP contribution in [0.1, 0.15) is 21.5 Å². The molecule has 0 saturated carbocycles. The largest absolute Gasteiger partial charge is 0.448 e. The Bertz CT molecular complexity index is 670. The van der Waals surface area contributed by atoms with Crippen LogP contribution in [0.5, 0.6) is 0 Å². The van der Waals surface area contributed by atoms with Gasteiger partial charge in [-0.1, -0.05) is 18.2 Å². The number of nitrogens with zero attached hydrogens (tertiary/aromatic N) is 1. The minimum Gasteiger partial charge on any atom is -0.448 e. The molecule has 2 heterocycles. The van der Waals surface area contributed by atoms with Gasteiger partial charge in [-0.05, 0) is 29.3 Å². The molecule has 1 aliphatic rings. The molecule has 5 heteroatoms. The van der Waals surface area contributed by atoms with Gasteiger partial charge in [0, 0.05) is 25.4 Å². The van der Waals surface area contributed by atoms with Crippen LogP contribution in [0.3, 0.4) is 0 Å². The lowest BCUT2D eigenvalue weighted by molar-refractivity contribution is -0.130. The van der Waals surface area contributed by atoms with Crippen LogP contribution in [0, 0.1) is 0 Å². The molecule has 106 valence electrons. The van der Waals surface area contributed by atoms with Crippen LogP contribution in [0.15, 0.2) is 48.8 Å². The average molecular weight is 282 g/mol. The molecule has 0 saturated heterocycles. The fraction of sp³-hybridized carbons (Fsp3) is 0.188. The predicted molar refractivity (Wildman–Crippen MR) is 75.4 cm³/mol. The van der Waals surface area contributed by atoms with Crippen molar-refractivity contribution in [2.45, 2.75) is 19.1 Å². The van der Waals surface area contributed by atoms with Crippen LogP contribution in [-0.4, -0.2) is 23.0 Å². The number of nitrogens with one attached hydrogen (secondary N) is 1. The quantitative estimate of drug-likeness (QED) is 0.866. The lowest BCUT2D eigenvalue weighted by Crippen LogP contribution is -2.41. The molecule has 2 aromatic rings. The van der Waals surface area contributed by atoms with Gasteiger partial charge in [-0.25, -0.2) is 4.79 Å². The number of benzene rings is 1. The Hall–Kier alpha value is -2.69. The van der Waals surface area contributed by atoms with E-state index in [1.54, 1.807) is 24.5 Å². The van der Waals surface area contributed by atoms with Gasteiger partial charge in [0.25, 0.3) is 5.91 Å². The second-order valence-corrected chi connectivity index (χ2v) is 4.83. The Morgan fingerprint density at radius 3 is 2.81 bits per heavy atom. The number of carbonyl (C=O) groups is 2. The number of esters is 1. The van der Waals surface area contributed by atoms with Gasteiger partial charge in [-0.15, -0.1) is 0 Å². The highest BCUT2D eigenvalue weighted by molar-refractivity contribution is 5.95. The third-order valence-electron chi connectivity index (χ3n) is 3.40. The summed E-state index contributed by atoms with van der Waals surface area (Å²) in [6.07, 6.45) is 2.97. The van der Waals surface area contributed by atoms with E-state index in [1.807, 2.05) is 24.3 Å². The average Bonchev–Trinajstić information content (AvgIpc) is 2.53. The van der Waals surface area contributed by atoms with Crippen molar-refractivity contribution in [3.63, 3.8) is 0 Å². The number of hydrogen-bond donors (Lipinski definition) is 1. The molecule has 5 nitrogen and oxygen atoms in total. The van der Waals surface area contributed by atoms with E-state index in [0.717, 1.165) is 11.1 Å². The zero-order valence-electron chi connectivity index (χ0n) is 11.3. The number of carbonyl (C=O) groups excluding carboxylic acids is 2. The number of pyridine rings is 1. The monoisotopic (exact) mass is 282 g/mol. The van der Waals surface area contributed by atoms with Gasteiger partial charge < -0.3 is 10.1 Å². The molecule has 1 aromatic heterocycles. The van der Waals surface area contributed by atoms with Crippen molar-refractivity contribution in [3.8, 4) is 0 Å². The Balaban J connectivity index is 1.65. The van der Waals surface area contributed by atoms with Gasteiger partial charge in [0.15, 0.2) is 6.10 Å². The standard InChI is InChI=1S/C16H14N2O3/c19-15(18-10-11-5-7-17-8-6-11)14-9-12-3-1-2-4-13(12)16(20)21-14/h1-8,14H,9-10H2,(H,18,19)/t14-/m1/s1. The topological polar surface area (TPSA) is 68.3 Å². The van der Waals surface area contributed by atoms with Crippen LogP contribution in [0.25, 0.3) is 0 Å². The maximum absolute atomic E-state index is 12.1. The predicted octanol–water partition coefficient (Wildman–Crippen LogP) is 1.48. The van der Waals surface area contributed by atoms with E-state index >= 15 is 0 Å². The Morgan fingerprint density at radius 1 is 1.24 bits per heavy atom. The number of aromatic nitrogens is 1. The third kappa shape index (κ3) is 2.91. The molecular formula is C16H14N2O3. The van der Waals surface area contributed by atoms with Gasteiger partial charge in [-0.2, -0.15) is 0 Å². The summed E-state index contributed by atoms with van der Waals surface area (Å²) in [7, 11) is 0. The number of ether oxygens (including phenoxy) is 1. The normalized spacial score (nSPS) is 16.8. The van der Waals surface area contributed by atoms with Gasteiger partial charge >= 0.3 is 5.97 Å². The number of fused-ring (bicyclic) bond motifs is 1. The summed E-state index contributed by atoms with van der Waals surface area (Å²) in [4.78, 5) is 27.9. The van der Waals surface area contributed by atoms with E-state index in [0.29, 0.717) is 18.5 Å². The Morgan fingerprint density at radius 2 is 2.00 bits per heavy atom. The number of cyclic esters (lactones) is 1. The van der Waals surface area contributed by atoms with Crippen molar-refractivity contribution >= 4 is 11.9 Å². The molecule has 3 rings (SSSR count). The van der Waals surface area contributed by atoms with E-state index in [-0.39, 0.29) is 5.91 Å². The maximum atomic E-state index is 12.1. The molecule has 1 aromatic carbocycles. The van der Waals surface area contributed by atoms with E-state index in [9.17, 15) is 9.59 Å². The van der Waals surface area contributed by atoms with Crippen molar-refractivity contribution in [1.29, 1.82) is 0 Å². The summed E-state index contributed by atoms with van der Waals surface area (Å²) in [5.41, 5.74) is 2.33. The first-order chi connectivity index (χ1) is 10.2. The molecule has 21 heavy (non-hydrogen) atoms. The highest BCUT2D eigenvalue weighted by Crippen LogP contribution is 2.20. The summed E-state index contributed by atoms with van der Waals surface area (Å²) in [5.74, 6) is -0.726. The summed E-state index contributed by atoms with van der Waals surface area (Å²) in [6, 6.07) is 10.8. The molecule has 0 spiro atoms. The van der Waals surface area contributed by atoms with Crippen LogP contribution in [0.4, 0.5) is 0 Å². The van der Waals surface area contributed by atoms with Gasteiger partial charge in [0.05, 0.1) is 5.56 Å². The van der Waals surface area contributed by atoms with Crippen LogP contribution >= 0.6 is 0 Å². The minimum absolute atomic E-state index is 0.283. The molecule has 0 radical (unpaired) electrons. The lowest BCUT2D eigenvalue weighted by Gasteiger charge is -2.23. The Kier molecular flexibility index (Phi) is 3.64. The highest BCUT2D eigenvalue weighted by Gasteiger charge is 2.30. The summed E-state index contributed by atoms with van der Waals surface area (Å²) in [6.45, 7) is 0.386. The minimum atomic E-state index is -0.769. The van der Waals surface area contributed by atoms with E-state index in [4.69, 9.17) is 4.74 Å². The molecule has 0 bridgehead atoms. The molecular weight excluding hydrogens is 268 g/mol. The summed E-state index contributed by atoms with van der Waals surface area (Å²) in [5, 5.41) is 2.78. The lowest BCUT2D eigenvalue weighted by atomic mass is 9.98. The first-order valence-electron chi connectivity index (χ1n) is 6.69. The van der Waals surface area contributed by atoms with Crippen molar-refractivity contribution in [1.82, 2.24) is 10.3 Å². The van der Waals surface area contributed by atoms with E-state index in [1.165, 1.54) is 0 Å². The maximum Gasteiger partial charge on any atom is 0.339 e. The highest BCUT2D eigenvalue weighted by atomic mass is 16.5. The molecule has 0 unspecified atom stereocenters. The SMILES string of the molecule is O=C1O[C@@H](C(=O)NCc2ccncc2)Cc2ccccc21. The Labute approximate surface area is 122 Å². The summed E-state index contributed by atoms with van der Waals surface area (Å²) >= 11 is 0. The summed E-state index contributed by atoms with van der Waals surface area (Å²) < 4.78 is 5.20. The van der Waals surface area contributed by atoms with Crippen molar-refractivity contribution < 1.29 is 14.3 Å². The third-order valence-corrected chi connectivity index (χ3v) is 3.40. The van der Waals surface area contributed by atoms with Gasteiger partial charge in [-0.3, -0.25) is 9.78 Å². The fourth-order valence-corrected chi connectivity index (χ4v) is 2.28. The van der Waals surface area contributed by atoms with Gasteiger partial charge in [0.2, 0.25) is 0 Å². The zero-order chi connectivity index (χ0) is 14.7. The smallest absolute Gasteiger partial charge is 0.339 e. The van der Waals surface area contributed by atoms with Crippen LogP contribution in [-0.2, 0) is 22.5 Å². The van der Waals surface area contributed by atoms with Gasteiger partial charge in [0.1, 0.15) is 0 Å². The van der Waals surface area contributed by atoms with Crippen LogP contribution < -0.4 is 5.32 Å². The molecule has 0 aliphatic carbocycles. The van der Waals surface area contributed by atoms with Crippen molar-refractivity contribution in [2.24, 2.45) is 0 Å². The second-order valence-electron chi connectivity index (χ2n) is 4.83. The molecule has 1 amide bonds. The molecule has 1 N–H and O–H groups in total. The van der Waals surface area contributed by atoms with Crippen molar-refractivity contribution in [2.75, 3.05) is 0 Å². The second kappa shape index (κ2) is 5.75. The fourth-order valence-electron chi connectivity index (χ4n) is 2.28. The van der Waals surface area contributed by atoms with Crippen LogP contribution in [0.2, 0.25) is 0 Å². The number of amides is 1. The molecule has 1 aliphatic heterocycles.